The molecule has 2 heterocycles. The molecule has 2 aliphatic rings. The molecule has 13 heavy (non-hydrogen) atoms. The minimum Gasteiger partial charge on any atom is -0.383 e. The molecule has 2 rings (SSSR count). The van der Waals surface area contributed by atoms with Gasteiger partial charge in [0.2, 0.25) is 0 Å². The average molecular weight is 180 g/mol. The van der Waals surface area contributed by atoms with Crippen LogP contribution in [0.25, 0.3) is 0 Å². The molecule has 72 valence electrons. The summed E-state index contributed by atoms with van der Waals surface area (Å²) in [5.41, 5.74) is 0.217. The van der Waals surface area contributed by atoms with Gasteiger partial charge < -0.3 is 4.74 Å². The van der Waals surface area contributed by atoms with Crippen molar-refractivity contribution in [1.29, 1.82) is 5.26 Å². The number of methoxy groups -OCH3 is 1. The summed E-state index contributed by atoms with van der Waals surface area (Å²) in [7, 11) is 1.75. The fourth-order valence-corrected chi connectivity index (χ4v) is 2.88. The quantitative estimate of drug-likeness (QED) is 0.636. The molecule has 0 aliphatic carbocycles. The zero-order valence-electron chi connectivity index (χ0n) is 8.12. The first kappa shape index (κ1) is 8.98. The minimum atomic E-state index is 0.217. The maximum absolute atomic E-state index is 8.89. The van der Waals surface area contributed by atoms with E-state index in [0.29, 0.717) is 0 Å². The van der Waals surface area contributed by atoms with Crippen molar-refractivity contribution >= 4 is 0 Å². The number of nitriles is 1. The molecule has 0 aromatic carbocycles. The second-order valence-corrected chi connectivity index (χ2v) is 4.24. The molecule has 0 spiro atoms. The van der Waals surface area contributed by atoms with Crippen molar-refractivity contribution < 1.29 is 4.74 Å². The molecule has 0 saturated carbocycles. The fraction of sp³-hybridized carbons (Fsp3) is 0.900. The van der Waals surface area contributed by atoms with Crippen LogP contribution in [0.15, 0.2) is 0 Å². The molecule has 2 aliphatic heterocycles. The molecule has 0 bridgehead atoms. The van der Waals surface area contributed by atoms with Crippen LogP contribution in [-0.4, -0.2) is 37.2 Å². The highest BCUT2D eigenvalue weighted by molar-refractivity contribution is 5.08. The van der Waals surface area contributed by atoms with Crippen molar-refractivity contribution in [2.75, 3.05) is 26.8 Å². The van der Waals surface area contributed by atoms with Crippen LogP contribution >= 0.6 is 0 Å². The van der Waals surface area contributed by atoms with Gasteiger partial charge in [-0.15, -0.1) is 0 Å². The van der Waals surface area contributed by atoms with Gasteiger partial charge in [0.1, 0.15) is 0 Å². The van der Waals surface area contributed by atoms with Gasteiger partial charge >= 0.3 is 0 Å². The summed E-state index contributed by atoms with van der Waals surface area (Å²) in [6.07, 6.45) is 3.48. The lowest BCUT2D eigenvalue weighted by Crippen LogP contribution is -2.42. The predicted molar refractivity (Wildman–Crippen MR) is 49.1 cm³/mol. The van der Waals surface area contributed by atoms with Crippen LogP contribution in [0.4, 0.5) is 0 Å². The van der Waals surface area contributed by atoms with Crippen LogP contribution < -0.4 is 0 Å². The average Bonchev–Trinajstić information content (AvgIpc) is 2.60. The third-order valence-electron chi connectivity index (χ3n) is 3.40. The zero-order valence-corrected chi connectivity index (χ0v) is 8.12. The number of hydrogen-bond donors (Lipinski definition) is 0. The van der Waals surface area contributed by atoms with E-state index in [1.54, 1.807) is 7.11 Å². The molecule has 2 atom stereocenters. The molecule has 2 fully saturated rings. The lowest BCUT2D eigenvalue weighted by molar-refractivity contribution is 0.0654. The Morgan fingerprint density at radius 1 is 1.69 bits per heavy atom. The van der Waals surface area contributed by atoms with Crippen LogP contribution in [0.5, 0.6) is 0 Å². The first-order valence-corrected chi connectivity index (χ1v) is 4.94. The number of hydrogen-bond acceptors (Lipinski definition) is 3. The van der Waals surface area contributed by atoms with Crippen molar-refractivity contribution in [3.63, 3.8) is 0 Å². The van der Waals surface area contributed by atoms with E-state index < -0.39 is 0 Å². The van der Waals surface area contributed by atoms with Gasteiger partial charge in [-0.05, 0) is 25.8 Å². The summed E-state index contributed by atoms with van der Waals surface area (Å²) in [5, 5.41) is 8.89. The van der Waals surface area contributed by atoms with Crippen molar-refractivity contribution in [1.82, 2.24) is 4.90 Å². The standard InChI is InChI=1S/C10H16N2O/c1-13-8-10-3-2-4-12(10)7-9(5-10)6-11/h9H,2-5,7-8H2,1H3/t9-,10-/m1/s1. The Morgan fingerprint density at radius 3 is 3.23 bits per heavy atom. The molecule has 0 unspecified atom stereocenters. The topological polar surface area (TPSA) is 36.3 Å². The van der Waals surface area contributed by atoms with Gasteiger partial charge in [0, 0.05) is 19.2 Å². The molecule has 0 radical (unpaired) electrons. The zero-order chi connectivity index (χ0) is 9.31. The molecule has 0 amide bonds. The number of fused-ring (bicyclic) bond motifs is 1. The molecule has 3 nitrogen and oxygen atoms in total. The lowest BCUT2D eigenvalue weighted by atomic mass is 9.91. The highest BCUT2D eigenvalue weighted by Gasteiger charge is 2.48. The van der Waals surface area contributed by atoms with Crippen LogP contribution in [0.1, 0.15) is 19.3 Å². The molecule has 0 aromatic rings. The van der Waals surface area contributed by atoms with Gasteiger partial charge in [-0.25, -0.2) is 0 Å². The second kappa shape index (κ2) is 3.28. The van der Waals surface area contributed by atoms with Crippen LogP contribution in [-0.2, 0) is 4.74 Å². The molecule has 0 aromatic heterocycles. The van der Waals surface area contributed by atoms with Gasteiger partial charge in [-0.1, -0.05) is 0 Å². The normalized spacial score (nSPS) is 38.9. The molecule has 3 heteroatoms. The number of ether oxygens (including phenoxy) is 1. The Kier molecular flexibility index (Phi) is 2.27. The summed E-state index contributed by atoms with van der Waals surface area (Å²) in [6, 6.07) is 2.38. The van der Waals surface area contributed by atoms with E-state index in [2.05, 4.69) is 11.0 Å². The molecular weight excluding hydrogens is 164 g/mol. The Hall–Kier alpha value is -0.590. The lowest BCUT2D eigenvalue weighted by Gasteiger charge is -2.30. The summed E-state index contributed by atoms with van der Waals surface area (Å²) in [6.45, 7) is 2.91. The highest BCUT2D eigenvalue weighted by atomic mass is 16.5. The fourth-order valence-electron chi connectivity index (χ4n) is 2.88. The number of nitrogens with zero attached hydrogens (tertiary/aromatic N) is 2. The van der Waals surface area contributed by atoms with E-state index >= 15 is 0 Å². The highest BCUT2D eigenvalue weighted by Crippen LogP contribution is 2.41. The van der Waals surface area contributed by atoms with E-state index in [0.717, 1.165) is 26.1 Å². The first-order chi connectivity index (χ1) is 6.30. The monoisotopic (exact) mass is 180 g/mol. The van der Waals surface area contributed by atoms with E-state index in [1.165, 1.54) is 12.8 Å². The molecular formula is C10H16N2O. The SMILES string of the molecule is COC[C@]12CCCN1C[C@@H](C#N)C2. The van der Waals surface area contributed by atoms with E-state index in [9.17, 15) is 0 Å². The number of rotatable bonds is 2. The van der Waals surface area contributed by atoms with E-state index in [4.69, 9.17) is 10.00 Å². The van der Waals surface area contributed by atoms with Crippen LogP contribution in [0, 0.1) is 17.2 Å². The molecule has 2 saturated heterocycles. The summed E-state index contributed by atoms with van der Waals surface area (Å²) >= 11 is 0. The van der Waals surface area contributed by atoms with E-state index in [1.807, 2.05) is 0 Å². The summed E-state index contributed by atoms with van der Waals surface area (Å²) in [5.74, 6) is 0.232. The van der Waals surface area contributed by atoms with E-state index in [-0.39, 0.29) is 11.5 Å². The minimum absolute atomic E-state index is 0.217. The van der Waals surface area contributed by atoms with Crippen molar-refractivity contribution in [3.8, 4) is 6.07 Å². The summed E-state index contributed by atoms with van der Waals surface area (Å²) in [4.78, 5) is 2.45. The Balaban J connectivity index is 2.11. The third-order valence-corrected chi connectivity index (χ3v) is 3.40. The first-order valence-electron chi connectivity index (χ1n) is 4.94. The van der Waals surface area contributed by atoms with Crippen LogP contribution in [0.3, 0.4) is 0 Å². The summed E-state index contributed by atoms with van der Waals surface area (Å²) < 4.78 is 5.27. The maximum Gasteiger partial charge on any atom is 0.0670 e. The second-order valence-electron chi connectivity index (χ2n) is 4.24. The Morgan fingerprint density at radius 2 is 2.54 bits per heavy atom. The molecule has 0 N–H and O–H groups in total. The smallest absolute Gasteiger partial charge is 0.0670 e. The van der Waals surface area contributed by atoms with Gasteiger partial charge in [0.15, 0.2) is 0 Å². The maximum atomic E-state index is 8.89. The van der Waals surface area contributed by atoms with Gasteiger partial charge in [-0.3, -0.25) is 4.90 Å². The van der Waals surface area contributed by atoms with Crippen molar-refractivity contribution in [2.45, 2.75) is 24.8 Å². The Labute approximate surface area is 79.3 Å². The van der Waals surface area contributed by atoms with Gasteiger partial charge in [0.25, 0.3) is 0 Å². The van der Waals surface area contributed by atoms with Crippen LogP contribution in [0.2, 0.25) is 0 Å². The largest absolute Gasteiger partial charge is 0.383 e. The van der Waals surface area contributed by atoms with Gasteiger partial charge in [0.05, 0.1) is 18.6 Å². The predicted octanol–water partition coefficient (Wildman–Crippen LogP) is 1.01. The Bertz CT molecular complexity index is 236. The third kappa shape index (κ3) is 1.34. The van der Waals surface area contributed by atoms with Crippen molar-refractivity contribution in [3.05, 3.63) is 0 Å². The van der Waals surface area contributed by atoms with Crippen molar-refractivity contribution in [2.24, 2.45) is 5.92 Å². The van der Waals surface area contributed by atoms with Gasteiger partial charge in [-0.2, -0.15) is 5.26 Å².